The van der Waals surface area contributed by atoms with Crippen molar-refractivity contribution in [2.24, 2.45) is 0 Å². The van der Waals surface area contributed by atoms with Gasteiger partial charge in [0.05, 0.1) is 0 Å². The number of rotatable bonds is 1. The normalized spacial score (nSPS) is 25.9. The Balaban J connectivity index is 2.73. The minimum absolute atomic E-state index is 0.0643. The summed E-state index contributed by atoms with van der Waals surface area (Å²) < 4.78 is 0. The Morgan fingerprint density at radius 2 is 2.15 bits per heavy atom. The summed E-state index contributed by atoms with van der Waals surface area (Å²) in [5.41, 5.74) is -0.0643. The lowest BCUT2D eigenvalue weighted by Gasteiger charge is -2.42. The van der Waals surface area contributed by atoms with E-state index in [4.69, 9.17) is 5.11 Å². The molecule has 2 N–H and O–H groups in total. The van der Waals surface area contributed by atoms with Gasteiger partial charge in [-0.2, -0.15) is 0 Å². The fourth-order valence-corrected chi connectivity index (χ4v) is 1.73. The van der Waals surface area contributed by atoms with Crippen LogP contribution in [0.3, 0.4) is 0 Å². The number of hydrogen-bond acceptors (Lipinski definition) is 3. The van der Waals surface area contributed by atoms with Gasteiger partial charge in [-0.15, -0.1) is 0 Å². The fraction of sp³-hybridized carbons (Fsp3) is 0.889. The second kappa shape index (κ2) is 3.64. The average Bonchev–Trinajstić information content (AvgIpc) is 2.03. The number of aliphatic carboxylic acids is 1. The molecule has 13 heavy (non-hydrogen) atoms. The lowest BCUT2D eigenvalue weighted by Crippen LogP contribution is -2.60. The second-order valence-electron chi connectivity index (χ2n) is 4.42. The number of nitrogens with zero attached hydrogens (tertiary/aromatic N) is 1. The van der Waals surface area contributed by atoms with Crippen molar-refractivity contribution in [2.75, 3.05) is 19.6 Å². The van der Waals surface area contributed by atoms with Crippen LogP contribution < -0.4 is 5.32 Å². The predicted octanol–water partition coefficient (Wildman–Crippen LogP) is 0.143. The highest BCUT2D eigenvalue weighted by molar-refractivity contribution is 5.74. The first-order valence-electron chi connectivity index (χ1n) is 4.63. The molecule has 0 radical (unpaired) electrons. The number of carbonyl (C=O) groups is 1. The summed E-state index contributed by atoms with van der Waals surface area (Å²) in [7, 11) is 0. The molecule has 0 bridgehead atoms. The summed E-state index contributed by atoms with van der Waals surface area (Å²) in [6.07, 6.45) is 0. The van der Waals surface area contributed by atoms with Crippen molar-refractivity contribution in [3.63, 3.8) is 0 Å². The van der Waals surface area contributed by atoms with Crippen LogP contribution in [0.5, 0.6) is 0 Å². The van der Waals surface area contributed by atoms with E-state index in [2.05, 4.69) is 5.32 Å². The maximum Gasteiger partial charge on any atom is 0.322 e. The molecule has 0 aliphatic carbocycles. The average molecular weight is 186 g/mol. The quantitative estimate of drug-likeness (QED) is 0.612. The van der Waals surface area contributed by atoms with Crippen LogP contribution in [0, 0.1) is 0 Å². The molecule has 4 heteroatoms. The molecule has 0 aromatic heterocycles. The van der Waals surface area contributed by atoms with E-state index in [-0.39, 0.29) is 11.6 Å². The minimum Gasteiger partial charge on any atom is -0.480 e. The van der Waals surface area contributed by atoms with Crippen LogP contribution in [-0.4, -0.2) is 47.2 Å². The van der Waals surface area contributed by atoms with Gasteiger partial charge in [0.2, 0.25) is 0 Å². The highest BCUT2D eigenvalue weighted by Crippen LogP contribution is 2.18. The summed E-state index contributed by atoms with van der Waals surface area (Å²) in [5.74, 6) is -0.734. The van der Waals surface area contributed by atoms with Gasteiger partial charge < -0.3 is 10.4 Å². The number of nitrogens with one attached hydrogen (secondary N) is 1. The Bertz CT molecular complexity index is 198. The van der Waals surface area contributed by atoms with Gasteiger partial charge in [0.15, 0.2) is 0 Å². The molecule has 1 aliphatic heterocycles. The molecule has 0 saturated carbocycles. The Labute approximate surface area is 78.9 Å². The van der Waals surface area contributed by atoms with E-state index in [1.807, 2.05) is 25.7 Å². The molecule has 1 aliphatic rings. The number of carboxylic acids is 1. The molecule has 0 aromatic rings. The summed E-state index contributed by atoms with van der Waals surface area (Å²) in [6.45, 7) is 8.38. The second-order valence-corrected chi connectivity index (χ2v) is 4.42. The smallest absolute Gasteiger partial charge is 0.322 e. The van der Waals surface area contributed by atoms with E-state index in [1.165, 1.54) is 0 Å². The molecule has 1 heterocycles. The summed E-state index contributed by atoms with van der Waals surface area (Å²) >= 11 is 0. The molecule has 1 rings (SSSR count). The molecular formula is C9H18N2O2. The zero-order valence-electron chi connectivity index (χ0n) is 8.50. The molecular weight excluding hydrogens is 168 g/mol. The fourth-order valence-electron chi connectivity index (χ4n) is 1.73. The largest absolute Gasteiger partial charge is 0.480 e. The summed E-state index contributed by atoms with van der Waals surface area (Å²) in [6, 6.07) is -0.381. The van der Waals surface area contributed by atoms with Crippen molar-refractivity contribution in [3.05, 3.63) is 0 Å². The first kappa shape index (κ1) is 10.5. The van der Waals surface area contributed by atoms with Gasteiger partial charge in [0.1, 0.15) is 6.04 Å². The van der Waals surface area contributed by atoms with E-state index < -0.39 is 5.97 Å². The maximum absolute atomic E-state index is 10.9. The molecule has 1 saturated heterocycles. The van der Waals surface area contributed by atoms with E-state index in [9.17, 15) is 4.79 Å². The summed E-state index contributed by atoms with van der Waals surface area (Å²) in [4.78, 5) is 13.0. The Morgan fingerprint density at radius 1 is 1.54 bits per heavy atom. The maximum atomic E-state index is 10.9. The molecule has 4 nitrogen and oxygen atoms in total. The third-order valence-electron chi connectivity index (χ3n) is 2.39. The van der Waals surface area contributed by atoms with Gasteiger partial charge >= 0.3 is 5.97 Å². The lowest BCUT2D eigenvalue weighted by molar-refractivity contribution is -0.146. The van der Waals surface area contributed by atoms with Crippen LogP contribution in [0.1, 0.15) is 20.8 Å². The molecule has 0 amide bonds. The van der Waals surface area contributed by atoms with E-state index in [1.54, 1.807) is 0 Å². The van der Waals surface area contributed by atoms with Gasteiger partial charge in [-0.1, -0.05) is 0 Å². The van der Waals surface area contributed by atoms with Crippen molar-refractivity contribution in [3.8, 4) is 0 Å². The third-order valence-corrected chi connectivity index (χ3v) is 2.39. The molecule has 1 atom stereocenters. The first-order valence-corrected chi connectivity index (χ1v) is 4.63. The van der Waals surface area contributed by atoms with Crippen molar-refractivity contribution in [1.29, 1.82) is 0 Å². The molecule has 0 spiro atoms. The van der Waals surface area contributed by atoms with Crippen LogP contribution in [0.15, 0.2) is 0 Å². The van der Waals surface area contributed by atoms with Crippen LogP contribution in [0.2, 0.25) is 0 Å². The topological polar surface area (TPSA) is 52.6 Å². The van der Waals surface area contributed by atoms with Crippen LogP contribution in [-0.2, 0) is 4.79 Å². The van der Waals surface area contributed by atoms with Gasteiger partial charge in [-0.25, -0.2) is 0 Å². The first-order chi connectivity index (χ1) is 5.93. The Morgan fingerprint density at radius 3 is 2.54 bits per heavy atom. The Kier molecular flexibility index (Phi) is 2.93. The van der Waals surface area contributed by atoms with Crippen LogP contribution in [0.4, 0.5) is 0 Å². The number of piperazine rings is 1. The number of hydrogen-bond donors (Lipinski definition) is 2. The number of carboxylic acid groups (broad SMARTS) is 1. The van der Waals surface area contributed by atoms with Gasteiger partial charge in [0, 0.05) is 25.2 Å². The van der Waals surface area contributed by atoms with E-state index in [0.717, 1.165) is 13.1 Å². The van der Waals surface area contributed by atoms with Crippen molar-refractivity contribution in [2.45, 2.75) is 32.4 Å². The van der Waals surface area contributed by atoms with Crippen molar-refractivity contribution in [1.82, 2.24) is 10.2 Å². The lowest BCUT2D eigenvalue weighted by atomic mass is 10.0. The van der Waals surface area contributed by atoms with E-state index in [0.29, 0.717) is 6.54 Å². The molecule has 1 fully saturated rings. The minimum atomic E-state index is -0.734. The van der Waals surface area contributed by atoms with E-state index >= 15 is 0 Å². The highest BCUT2D eigenvalue weighted by Gasteiger charge is 2.35. The third kappa shape index (κ3) is 2.42. The zero-order valence-corrected chi connectivity index (χ0v) is 8.50. The van der Waals surface area contributed by atoms with Crippen molar-refractivity contribution < 1.29 is 9.90 Å². The van der Waals surface area contributed by atoms with Gasteiger partial charge in [-0.3, -0.25) is 9.69 Å². The van der Waals surface area contributed by atoms with Crippen molar-refractivity contribution >= 4 is 5.97 Å². The molecule has 76 valence electrons. The van der Waals surface area contributed by atoms with Crippen LogP contribution >= 0.6 is 0 Å². The predicted molar refractivity (Wildman–Crippen MR) is 50.8 cm³/mol. The monoisotopic (exact) mass is 186 g/mol. The van der Waals surface area contributed by atoms with Crippen LogP contribution in [0.25, 0.3) is 0 Å². The van der Waals surface area contributed by atoms with Gasteiger partial charge in [-0.05, 0) is 20.8 Å². The standard InChI is InChI=1S/C9H18N2O2/c1-9(2,3)11-5-4-10-6-7(11)8(12)13/h7,10H,4-6H2,1-3H3,(H,12,13). The van der Waals surface area contributed by atoms with Gasteiger partial charge in [0.25, 0.3) is 0 Å². The highest BCUT2D eigenvalue weighted by atomic mass is 16.4. The SMILES string of the molecule is CC(C)(C)N1CCNCC1C(=O)O. The molecule has 1 unspecified atom stereocenters. The Hall–Kier alpha value is -0.610. The summed E-state index contributed by atoms with van der Waals surface area (Å²) in [5, 5.41) is 12.1. The molecule has 0 aromatic carbocycles. The zero-order chi connectivity index (χ0) is 10.1.